The van der Waals surface area contributed by atoms with Gasteiger partial charge in [0, 0.05) is 5.69 Å². The number of aryl methyl sites for hydroxylation is 1. The fraction of sp³-hybridized carbons (Fsp3) is 0.333. The maximum absolute atomic E-state index is 10.2. The van der Waals surface area contributed by atoms with Gasteiger partial charge in [0.1, 0.15) is 0 Å². The predicted octanol–water partition coefficient (Wildman–Crippen LogP) is 0.115. The third kappa shape index (κ3) is 7.92. The van der Waals surface area contributed by atoms with Gasteiger partial charge in [0.05, 0.1) is 6.54 Å². The lowest BCUT2D eigenvalue weighted by atomic mass is 10.2. The molecular formula is C9H16N2O3S. The molecule has 0 unspecified atom stereocenters. The average Bonchev–Trinajstić information content (AvgIpc) is 2.08. The Morgan fingerprint density at radius 2 is 1.73 bits per heavy atom. The van der Waals surface area contributed by atoms with Crippen LogP contribution >= 0.6 is 0 Å². The Morgan fingerprint density at radius 1 is 1.33 bits per heavy atom. The monoisotopic (exact) mass is 232 g/mol. The first-order valence-corrected chi connectivity index (χ1v) is 5.89. The molecule has 0 aromatic heterocycles. The average molecular weight is 232 g/mol. The lowest BCUT2D eigenvalue weighted by molar-refractivity contribution is -0.361. The lowest BCUT2D eigenvalue weighted by Crippen LogP contribution is -2.48. The maximum Gasteiger partial charge on any atom is 0.181 e. The first-order valence-electron chi connectivity index (χ1n) is 4.48. The van der Waals surface area contributed by atoms with Crippen LogP contribution in [0, 0.1) is 6.92 Å². The Labute approximate surface area is 90.2 Å². The molecule has 0 aliphatic carbocycles. The van der Waals surface area contributed by atoms with Gasteiger partial charge in [-0.05, 0) is 26.0 Å². The number of hydrogen-bond donors (Lipinski definition) is 2. The molecule has 86 valence electrons. The smallest absolute Gasteiger partial charge is 0.181 e. The van der Waals surface area contributed by atoms with Crippen LogP contribution in [0.2, 0.25) is 0 Å². The summed E-state index contributed by atoms with van der Waals surface area (Å²) in [5, 5.41) is 0. The summed E-state index contributed by atoms with van der Waals surface area (Å²) in [7, 11) is -4.39. The first kappa shape index (κ1) is 13.9. The van der Waals surface area contributed by atoms with Crippen LogP contribution in [0.3, 0.4) is 0 Å². The van der Waals surface area contributed by atoms with E-state index >= 15 is 0 Å². The van der Waals surface area contributed by atoms with Crippen molar-refractivity contribution in [2.45, 2.75) is 13.8 Å². The topological polar surface area (TPSA) is 96.9 Å². The fourth-order valence-corrected chi connectivity index (χ4v) is 1.19. The molecule has 0 radical (unpaired) electrons. The summed E-state index contributed by atoms with van der Waals surface area (Å²) in [5.74, 6) is 0. The Kier molecular flexibility index (Phi) is 5.92. The molecule has 0 saturated heterocycles. The molecule has 1 aromatic rings. The highest BCUT2D eigenvalue weighted by Gasteiger charge is 1.94. The van der Waals surface area contributed by atoms with Crippen LogP contribution in [0.25, 0.3) is 0 Å². The number of hydrogen-bond acceptors (Lipinski definition) is 3. The van der Waals surface area contributed by atoms with Crippen molar-refractivity contribution < 1.29 is 18.7 Å². The van der Waals surface area contributed by atoms with Gasteiger partial charge >= 0.3 is 0 Å². The van der Waals surface area contributed by atoms with E-state index in [9.17, 15) is 13.0 Å². The van der Waals surface area contributed by atoms with Gasteiger partial charge in [-0.25, -0.2) is 8.42 Å². The molecule has 1 aromatic carbocycles. The molecule has 0 aliphatic rings. The van der Waals surface area contributed by atoms with Crippen LogP contribution in [-0.2, 0) is 10.3 Å². The molecule has 6 heteroatoms. The molecule has 4 N–H and O–H groups in total. The van der Waals surface area contributed by atoms with Crippen molar-refractivity contribution in [2.75, 3.05) is 11.3 Å². The van der Waals surface area contributed by atoms with Crippen LogP contribution in [0.4, 0.5) is 5.69 Å². The second-order valence-corrected chi connectivity index (χ2v) is 4.03. The number of benzene rings is 1. The highest BCUT2D eigenvalue weighted by atomic mass is 32.2. The van der Waals surface area contributed by atoms with Crippen LogP contribution in [-0.4, -0.2) is 19.5 Å². The van der Waals surface area contributed by atoms with E-state index in [0.29, 0.717) is 0 Å². The molecule has 0 saturated carbocycles. The Morgan fingerprint density at radius 3 is 2.07 bits per heavy atom. The zero-order chi connectivity index (χ0) is 11.9. The van der Waals surface area contributed by atoms with Crippen molar-refractivity contribution in [1.29, 1.82) is 0 Å². The highest BCUT2D eigenvalue weighted by molar-refractivity contribution is 7.87. The quantitative estimate of drug-likeness (QED) is 0.708. The normalized spacial score (nSPS) is 10.1. The molecule has 0 aliphatic heterocycles. The minimum atomic E-state index is -4.39. The van der Waals surface area contributed by atoms with E-state index in [4.69, 9.17) is 0 Å². The summed E-state index contributed by atoms with van der Waals surface area (Å²) in [6.07, 6.45) is 0. The summed E-state index contributed by atoms with van der Waals surface area (Å²) in [4.78, 5) is 0. The minimum absolute atomic E-state index is 0.288. The Bertz CT molecular complexity index is 373. The molecule has 0 atom stereocenters. The summed E-state index contributed by atoms with van der Waals surface area (Å²) in [6, 6.07) is 6.50. The standard InChI is InChI=1S/C7H9NO3S.C2H7N/c1-6-2-4-7(5-3-6)8-12(9,10)11;1-2-3/h2-5,8H,1H3,(H,9,10,11);2-3H2,1H3. The third-order valence-corrected chi connectivity index (χ3v) is 1.78. The van der Waals surface area contributed by atoms with Gasteiger partial charge in [-0.3, -0.25) is 4.72 Å². The molecule has 0 heterocycles. The summed E-state index contributed by atoms with van der Waals surface area (Å²) in [5.41, 5.74) is 4.78. The zero-order valence-corrected chi connectivity index (χ0v) is 9.67. The van der Waals surface area contributed by atoms with Crippen molar-refractivity contribution in [3.8, 4) is 0 Å². The molecule has 0 spiro atoms. The molecule has 15 heavy (non-hydrogen) atoms. The van der Waals surface area contributed by atoms with E-state index in [1.807, 2.05) is 18.6 Å². The first-order chi connectivity index (χ1) is 6.89. The van der Waals surface area contributed by atoms with E-state index in [1.165, 1.54) is 12.1 Å². The van der Waals surface area contributed by atoms with Crippen molar-refractivity contribution in [1.82, 2.24) is 0 Å². The minimum Gasteiger partial charge on any atom is -0.731 e. The molecule has 0 fully saturated rings. The zero-order valence-electron chi connectivity index (χ0n) is 8.86. The van der Waals surface area contributed by atoms with Gasteiger partial charge in [0.15, 0.2) is 10.3 Å². The summed E-state index contributed by atoms with van der Waals surface area (Å²) >= 11 is 0. The van der Waals surface area contributed by atoms with Crippen molar-refractivity contribution in [3.05, 3.63) is 29.8 Å². The Hall–Kier alpha value is -1.11. The molecule has 0 bridgehead atoms. The van der Waals surface area contributed by atoms with Gasteiger partial charge in [0.25, 0.3) is 0 Å². The maximum atomic E-state index is 10.2. The van der Waals surface area contributed by atoms with Gasteiger partial charge in [-0.2, -0.15) is 0 Å². The number of nitrogens with one attached hydrogen (secondary N) is 1. The van der Waals surface area contributed by atoms with Crippen molar-refractivity contribution in [2.24, 2.45) is 0 Å². The second kappa shape index (κ2) is 6.39. The largest absolute Gasteiger partial charge is 0.731 e. The highest BCUT2D eigenvalue weighted by Crippen LogP contribution is 2.09. The molecule has 0 amide bonds. The van der Waals surface area contributed by atoms with Crippen LogP contribution in [0.1, 0.15) is 12.5 Å². The lowest BCUT2D eigenvalue weighted by Gasteiger charge is -2.09. The van der Waals surface area contributed by atoms with E-state index in [0.717, 1.165) is 12.1 Å². The molecular weight excluding hydrogens is 216 g/mol. The second-order valence-electron chi connectivity index (χ2n) is 2.92. The van der Waals surface area contributed by atoms with Gasteiger partial charge in [-0.1, -0.05) is 17.7 Å². The third-order valence-electron chi connectivity index (χ3n) is 1.29. The van der Waals surface area contributed by atoms with Gasteiger partial charge < -0.3 is 10.3 Å². The SMILES string of the molecule is CC[NH3+].Cc1ccc(NS(=O)(=O)[O-])cc1. The number of rotatable bonds is 2. The van der Waals surface area contributed by atoms with Crippen LogP contribution < -0.4 is 10.5 Å². The van der Waals surface area contributed by atoms with E-state index in [-0.39, 0.29) is 5.69 Å². The van der Waals surface area contributed by atoms with Crippen molar-refractivity contribution >= 4 is 16.0 Å². The number of anilines is 1. The molecule has 1 rings (SSSR count). The number of quaternary nitrogens is 1. The summed E-state index contributed by atoms with van der Waals surface area (Å²) in [6.45, 7) is 4.88. The van der Waals surface area contributed by atoms with E-state index in [1.54, 1.807) is 12.1 Å². The van der Waals surface area contributed by atoms with Crippen LogP contribution in [0.5, 0.6) is 0 Å². The summed E-state index contributed by atoms with van der Waals surface area (Å²) < 4.78 is 32.5. The van der Waals surface area contributed by atoms with Crippen LogP contribution in [0.15, 0.2) is 24.3 Å². The Balaban J connectivity index is 0.000000583. The van der Waals surface area contributed by atoms with Gasteiger partial charge in [-0.15, -0.1) is 0 Å². The van der Waals surface area contributed by atoms with E-state index in [2.05, 4.69) is 5.73 Å². The van der Waals surface area contributed by atoms with Gasteiger partial charge in [0.2, 0.25) is 0 Å². The fourth-order valence-electron chi connectivity index (χ4n) is 0.766. The molecule has 5 nitrogen and oxygen atoms in total. The van der Waals surface area contributed by atoms with E-state index < -0.39 is 10.3 Å². The predicted molar refractivity (Wildman–Crippen MR) is 57.9 cm³/mol. The van der Waals surface area contributed by atoms with Crippen molar-refractivity contribution in [3.63, 3.8) is 0 Å².